The summed E-state index contributed by atoms with van der Waals surface area (Å²) in [5, 5.41) is 0. The molecule has 3 aromatic rings. The molecule has 2 heterocycles. The molecular weight excluding hydrogens is 410 g/mol. The maximum absolute atomic E-state index is 13.4. The van der Waals surface area contributed by atoms with Gasteiger partial charge in [0.05, 0.1) is 7.11 Å². The van der Waals surface area contributed by atoms with Crippen LogP contribution in [0.4, 0.5) is 5.69 Å². The molecule has 0 unspecified atom stereocenters. The van der Waals surface area contributed by atoms with Gasteiger partial charge in [-0.15, -0.1) is 0 Å². The minimum absolute atomic E-state index is 0.0902. The minimum Gasteiger partial charge on any atom is -0.496 e. The monoisotopic (exact) mass is 441 g/mol. The van der Waals surface area contributed by atoms with Crippen LogP contribution in [0.25, 0.3) is 11.1 Å². The molecule has 0 bridgehead atoms. The van der Waals surface area contributed by atoms with Gasteiger partial charge in [-0.1, -0.05) is 42.5 Å². The highest BCUT2D eigenvalue weighted by molar-refractivity contribution is 5.95. The Morgan fingerprint density at radius 2 is 1.48 bits per heavy atom. The molecule has 1 fully saturated rings. The van der Waals surface area contributed by atoms with Gasteiger partial charge in [-0.2, -0.15) is 0 Å². The molecule has 1 amide bonds. The number of hydrogen-bond donors (Lipinski definition) is 0. The van der Waals surface area contributed by atoms with Crippen molar-refractivity contribution in [3.63, 3.8) is 0 Å². The van der Waals surface area contributed by atoms with Crippen molar-refractivity contribution >= 4 is 11.6 Å². The number of methoxy groups -OCH3 is 1. The van der Waals surface area contributed by atoms with Crippen LogP contribution in [0, 0.1) is 0 Å². The lowest BCUT2D eigenvalue weighted by molar-refractivity contribution is 0.0734. The highest BCUT2D eigenvalue weighted by Crippen LogP contribution is 2.36. The summed E-state index contributed by atoms with van der Waals surface area (Å²) in [6.07, 6.45) is 0.813. The average molecular weight is 442 g/mol. The van der Waals surface area contributed by atoms with E-state index in [0.29, 0.717) is 13.1 Å². The summed E-state index contributed by atoms with van der Waals surface area (Å²) in [4.78, 5) is 20.2. The van der Waals surface area contributed by atoms with E-state index in [1.807, 2.05) is 47.4 Å². The molecule has 33 heavy (non-hydrogen) atoms. The number of piperazine rings is 1. The van der Waals surface area contributed by atoms with Crippen LogP contribution in [0.2, 0.25) is 0 Å². The molecule has 0 saturated carbocycles. The zero-order chi connectivity index (χ0) is 22.8. The topological polar surface area (TPSA) is 36.0 Å². The molecule has 3 aromatic carbocycles. The molecular formula is C28H31N3O2. The van der Waals surface area contributed by atoms with E-state index in [4.69, 9.17) is 4.74 Å². The van der Waals surface area contributed by atoms with Crippen LogP contribution < -0.4 is 9.64 Å². The number of nitrogens with zero attached hydrogens (tertiary/aromatic N) is 3. The second-order valence-electron chi connectivity index (χ2n) is 8.95. The summed E-state index contributed by atoms with van der Waals surface area (Å²) in [7, 11) is 3.90. The third kappa shape index (κ3) is 4.33. The predicted octanol–water partition coefficient (Wildman–Crippen LogP) is 4.31. The highest BCUT2D eigenvalue weighted by atomic mass is 16.5. The van der Waals surface area contributed by atoms with E-state index in [2.05, 4.69) is 41.1 Å². The number of carbonyl (C=O) groups is 1. The molecule has 5 rings (SSSR count). The van der Waals surface area contributed by atoms with Crippen LogP contribution >= 0.6 is 0 Å². The Bertz CT molecular complexity index is 1120. The Hall–Kier alpha value is -3.31. The molecule has 0 N–H and O–H groups in total. The third-order valence-electron chi connectivity index (χ3n) is 6.93. The Morgan fingerprint density at radius 3 is 2.18 bits per heavy atom. The third-order valence-corrected chi connectivity index (χ3v) is 6.93. The van der Waals surface area contributed by atoms with E-state index >= 15 is 0 Å². The zero-order valence-corrected chi connectivity index (χ0v) is 19.5. The van der Waals surface area contributed by atoms with Crippen molar-refractivity contribution in [3.8, 4) is 16.9 Å². The molecule has 1 saturated heterocycles. The summed E-state index contributed by atoms with van der Waals surface area (Å²) in [5.41, 5.74) is 6.75. The van der Waals surface area contributed by atoms with Crippen LogP contribution in [0.15, 0.2) is 66.7 Å². The van der Waals surface area contributed by atoms with Crippen LogP contribution in [-0.4, -0.2) is 62.6 Å². The molecule has 0 atom stereocenters. The minimum atomic E-state index is 0.0902. The molecule has 2 aliphatic heterocycles. The number of carbonyl (C=O) groups excluding carboxylic acids is 1. The van der Waals surface area contributed by atoms with Gasteiger partial charge in [0.25, 0.3) is 5.91 Å². The number of benzene rings is 3. The summed E-state index contributed by atoms with van der Waals surface area (Å²) < 4.78 is 5.68. The maximum atomic E-state index is 13.4. The van der Waals surface area contributed by atoms with E-state index in [1.54, 1.807) is 7.11 Å². The SMILES string of the molecule is COc1ccc(N2CCN(C)CC2)c2c1CCN(C(=O)c1ccc(-c3ccccc3)cc1)C2. The molecule has 5 nitrogen and oxygen atoms in total. The number of amides is 1. The first-order valence-electron chi connectivity index (χ1n) is 11.7. The predicted molar refractivity (Wildman–Crippen MR) is 133 cm³/mol. The maximum Gasteiger partial charge on any atom is 0.254 e. The Balaban J connectivity index is 1.39. The van der Waals surface area contributed by atoms with Crippen LogP contribution in [0.3, 0.4) is 0 Å². The van der Waals surface area contributed by atoms with Gasteiger partial charge in [0.1, 0.15) is 5.75 Å². The lowest BCUT2D eigenvalue weighted by Crippen LogP contribution is -2.45. The van der Waals surface area contributed by atoms with Crippen LogP contribution in [0.1, 0.15) is 21.5 Å². The van der Waals surface area contributed by atoms with Gasteiger partial charge in [0.15, 0.2) is 0 Å². The second-order valence-corrected chi connectivity index (χ2v) is 8.95. The summed E-state index contributed by atoms with van der Waals surface area (Å²) in [6.45, 7) is 5.44. The number of fused-ring (bicyclic) bond motifs is 1. The molecule has 0 spiro atoms. The van der Waals surface area contributed by atoms with Crippen molar-refractivity contribution in [2.24, 2.45) is 0 Å². The van der Waals surface area contributed by atoms with Crippen molar-refractivity contribution in [2.75, 3.05) is 51.8 Å². The van der Waals surface area contributed by atoms with Crippen LogP contribution in [0.5, 0.6) is 5.75 Å². The summed E-state index contributed by atoms with van der Waals surface area (Å²) in [5.74, 6) is 1.02. The molecule has 0 aromatic heterocycles. The number of rotatable bonds is 4. The summed E-state index contributed by atoms with van der Waals surface area (Å²) >= 11 is 0. The van der Waals surface area contributed by atoms with Gasteiger partial charge in [-0.3, -0.25) is 4.79 Å². The van der Waals surface area contributed by atoms with Crippen molar-refractivity contribution in [3.05, 3.63) is 83.4 Å². The normalized spacial score (nSPS) is 16.4. The van der Waals surface area contributed by atoms with E-state index in [9.17, 15) is 4.79 Å². The lowest BCUT2D eigenvalue weighted by Gasteiger charge is -2.38. The summed E-state index contributed by atoms with van der Waals surface area (Å²) in [6, 6.07) is 22.5. The van der Waals surface area contributed by atoms with E-state index in [-0.39, 0.29) is 5.91 Å². The number of anilines is 1. The molecule has 5 heteroatoms. The van der Waals surface area contributed by atoms with Gasteiger partial charge in [-0.05, 0) is 48.9 Å². The van der Waals surface area contributed by atoms with Crippen molar-refractivity contribution in [1.82, 2.24) is 9.80 Å². The quantitative estimate of drug-likeness (QED) is 0.604. The first-order chi connectivity index (χ1) is 16.1. The van der Waals surface area contributed by atoms with Gasteiger partial charge < -0.3 is 19.4 Å². The Kier molecular flexibility index (Phi) is 6.05. The second kappa shape index (κ2) is 9.28. The number of hydrogen-bond acceptors (Lipinski definition) is 4. The molecule has 0 radical (unpaired) electrons. The Morgan fingerprint density at radius 1 is 0.788 bits per heavy atom. The fourth-order valence-electron chi connectivity index (χ4n) is 4.95. The molecule has 2 aliphatic rings. The van der Waals surface area contributed by atoms with Gasteiger partial charge in [0, 0.05) is 61.6 Å². The first-order valence-corrected chi connectivity index (χ1v) is 11.7. The molecule has 0 aliphatic carbocycles. The standard InChI is InChI=1S/C28H31N3O2/c1-29-16-18-30(19-17-29)26-12-13-27(33-2)24-14-15-31(20-25(24)26)28(32)23-10-8-22(9-11-23)21-6-4-3-5-7-21/h3-13H,14-20H2,1-2H3. The Labute approximate surface area is 196 Å². The van der Waals surface area contributed by atoms with Gasteiger partial charge in [0.2, 0.25) is 0 Å². The fourth-order valence-corrected chi connectivity index (χ4v) is 4.95. The van der Waals surface area contributed by atoms with Gasteiger partial charge in [-0.25, -0.2) is 0 Å². The average Bonchev–Trinajstić information content (AvgIpc) is 2.88. The van der Waals surface area contributed by atoms with Crippen molar-refractivity contribution in [2.45, 2.75) is 13.0 Å². The molecule has 170 valence electrons. The van der Waals surface area contributed by atoms with E-state index in [0.717, 1.165) is 55.0 Å². The first kappa shape index (κ1) is 21.5. The highest BCUT2D eigenvalue weighted by Gasteiger charge is 2.28. The van der Waals surface area contributed by atoms with E-state index < -0.39 is 0 Å². The smallest absolute Gasteiger partial charge is 0.254 e. The van der Waals surface area contributed by atoms with Crippen LogP contribution in [-0.2, 0) is 13.0 Å². The fraction of sp³-hybridized carbons (Fsp3) is 0.321. The van der Waals surface area contributed by atoms with Gasteiger partial charge >= 0.3 is 0 Å². The zero-order valence-electron chi connectivity index (χ0n) is 19.5. The lowest BCUT2D eigenvalue weighted by atomic mass is 9.95. The van der Waals surface area contributed by atoms with Crippen molar-refractivity contribution < 1.29 is 9.53 Å². The number of likely N-dealkylation sites (N-methyl/N-ethyl adjacent to an activating group) is 1. The largest absolute Gasteiger partial charge is 0.496 e. The van der Waals surface area contributed by atoms with Crippen molar-refractivity contribution in [1.29, 1.82) is 0 Å². The number of ether oxygens (including phenoxy) is 1. The van der Waals surface area contributed by atoms with E-state index in [1.165, 1.54) is 16.8 Å².